The fourth-order valence-corrected chi connectivity index (χ4v) is 4.51. The lowest BCUT2D eigenvalue weighted by atomic mass is 9.94. The molecule has 2 aromatic heterocycles. The quantitative estimate of drug-likeness (QED) is 0.116. The fourth-order valence-electron chi connectivity index (χ4n) is 3.63. The van der Waals surface area contributed by atoms with Crippen molar-refractivity contribution in [2.24, 2.45) is 0 Å². The van der Waals surface area contributed by atoms with E-state index in [0.29, 0.717) is 17.7 Å². The van der Waals surface area contributed by atoms with E-state index in [1.807, 2.05) is 25.1 Å². The third-order valence-electron chi connectivity index (χ3n) is 5.58. The van der Waals surface area contributed by atoms with Crippen LogP contribution in [0.25, 0.3) is 28.2 Å². The molecule has 1 aromatic carbocycles. The molecular formula is C27H19F6I2N3. The topological polar surface area (TPSA) is 38.7 Å². The number of benzene rings is 1. The average Bonchev–Trinajstić information content (AvgIpc) is 2.84. The molecule has 0 fully saturated rings. The van der Waals surface area contributed by atoms with Crippen LogP contribution in [0.15, 0.2) is 79.0 Å². The number of hydrogen-bond donors (Lipinski definition) is 0. The molecular weight excluding hydrogens is 734 g/mol. The van der Waals surface area contributed by atoms with Gasteiger partial charge in [0.1, 0.15) is 11.4 Å². The molecule has 3 aromatic rings. The maximum atomic E-state index is 13.7. The first-order chi connectivity index (χ1) is 17.5. The number of allylic oxidation sites excluding steroid dienone is 6. The van der Waals surface area contributed by atoms with Crippen molar-refractivity contribution in [3.05, 3.63) is 96.0 Å². The van der Waals surface area contributed by atoms with Gasteiger partial charge in [0.15, 0.2) is 5.82 Å². The van der Waals surface area contributed by atoms with E-state index >= 15 is 0 Å². The van der Waals surface area contributed by atoms with E-state index in [4.69, 9.17) is 0 Å². The Morgan fingerprint density at radius 3 is 2.00 bits per heavy atom. The second-order valence-electron chi connectivity index (χ2n) is 9.04. The second kappa shape index (κ2) is 10.4. The molecule has 0 saturated heterocycles. The minimum absolute atomic E-state index is 0.00256. The van der Waals surface area contributed by atoms with Crippen LogP contribution in [-0.4, -0.2) is 21.8 Å². The van der Waals surface area contributed by atoms with Crippen molar-refractivity contribution < 1.29 is 26.3 Å². The van der Waals surface area contributed by atoms with Gasteiger partial charge in [0.05, 0.1) is 12.5 Å². The zero-order chi connectivity index (χ0) is 27.9. The monoisotopic (exact) mass is 753 g/mol. The number of aromatic nitrogens is 3. The lowest BCUT2D eigenvalue weighted by molar-refractivity contribution is -0.141. The predicted molar refractivity (Wildman–Crippen MR) is 152 cm³/mol. The van der Waals surface area contributed by atoms with Crippen LogP contribution in [0, 0.1) is 0 Å². The van der Waals surface area contributed by atoms with Gasteiger partial charge in [0.25, 0.3) is 0 Å². The zero-order valence-electron chi connectivity index (χ0n) is 19.9. The van der Waals surface area contributed by atoms with Crippen molar-refractivity contribution in [2.75, 3.05) is 0 Å². The highest BCUT2D eigenvalue weighted by molar-refractivity contribution is 14.1. The summed E-state index contributed by atoms with van der Waals surface area (Å²) < 4.78 is 79.4. The van der Waals surface area contributed by atoms with Crippen molar-refractivity contribution in [2.45, 2.75) is 33.0 Å². The third kappa shape index (κ3) is 7.01. The van der Waals surface area contributed by atoms with Crippen molar-refractivity contribution >= 4 is 50.8 Å². The highest BCUT2D eigenvalue weighted by Crippen LogP contribution is 2.36. The lowest BCUT2D eigenvalue weighted by Gasteiger charge is -2.22. The molecule has 2 unspecified atom stereocenters. The van der Waals surface area contributed by atoms with E-state index in [-0.39, 0.29) is 23.9 Å². The first-order valence-corrected chi connectivity index (χ1v) is 13.3. The van der Waals surface area contributed by atoms with Gasteiger partial charge in [-0.2, -0.15) is 26.3 Å². The second-order valence-corrected chi connectivity index (χ2v) is 13.7. The molecule has 198 valence electrons. The number of hydrogen-bond acceptors (Lipinski definition) is 3. The van der Waals surface area contributed by atoms with Crippen molar-refractivity contribution in [1.29, 1.82) is 0 Å². The largest absolute Gasteiger partial charge is 0.433 e. The van der Waals surface area contributed by atoms with E-state index in [1.165, 1.54) is 0 Å². The Morgan fingerprint density at radius 1 is 0.711 bits per heavy atom. The molecule has 11 heteroatoms. The van der Waals surface area contributed by atoms with E-state index in [1.54, 1.807) is 18.2 Å². The molecule has 3 nitrogen and oxygen atoms in total. The van der Waals surface area contributed by atoms with Crippen LogP contribution in [0.2, 0.25) is 0 Å². The third-order valence-corrected chi connectivity index (χ3v) is 6.97. The van der Waals surface area contributed by atoms with Crippen LogP contribution in [0.5, 0.6) is 0 Å². The first kappa shape index (κ1) is 28.7. The highest BCUT2D eigenvalue weighted by atomic mass is 127. The number of rotatable bonds is 3. The van der Waals surface area contributed by atoms with E-state index in [9.17, 15) is 26.3 Å². The standard InChI is InChI=1S/C27H19F6I2N3/c1-24(34)9-8-18(14-25(2,35)11-10-24)16-4-3-5-17(12-16)23-37-20(13-22(38-23)27(31,32)33)19-6-7-21(36-15-19)26(28,29)30/h3-15H,1-2H3/b9-8-,11-10?,18-14+. The van der Waals surface area contributed by atoms with E-state index < -0.39 is 23.7 Å². The molecule has 0 amide bonds. The average molecular weight is 753 g/mol. The maximum Gasteiger partial charge on any atom is 0.433 e. The summed E-state index contributed by atoms with van der Waals surface area (Å²) in [5.74, 6) is -0.206. The molecule has 2 heterocycles. The zero-order valence-corrected chi connectivity index (χ0v) is 24.2. The summed E-state index contributed by atoms with van der Waals surface area (Å²) in [4.78, 5) is 11.4. The van der Waals surface area contributed by atoms with Gasteiger partial charge >= 0.3 is 12.4 Å². The summed E-state index contributed by atoms with van der Waals surface area (Å²) in [6.45, 7) is 4.10. The van der Waals surface area contributed by atoms with Crippen LogP contribution in [0.3, 0.4) is 0 Å². The minimum atomic E-state index is -4.80. The first-order valence-electron chi connectivity index (χ1n) is 11.1. The van der Waals surface area contributed by atoms with Crippen LogP contribution in [0.1, 0.15) is 30.8 Å². The summed E-state index contributed by atoms with van der Waals surface area (Å²) in [5, 5.41) is 0. The van der Waals surface area contributed by atoms with Crippen LogP contribution in [-0.2, 0) is 12.4 Å². The number of pyridine rings is 1. The van der Waals surface area contributed by atoms with Gasteiger partial charge in [0.2, 0.25) is 0 Å². The highest BCUT2D eigenvalue weighted by Gasteiger charge is 2.35. The molecule has 0 radical (unpaired) electrons. The molecule has 2 atom stereocenters. The van der Waals surface area contributed by atoms with Gasteiger partial charge in [-0.1, -0.05) is 93.8 Å². The van der Waals surface area contributed by atoms with Gasteiger partial charge < -0.3 is 0 Å². The Kier molecular flexibility index (Phi) is 7.83. The van der Waals surface area contributed by atoms with E-state index in [0.717, 1.165) is 23.4 Å². The molecule has 0 spiro atoms. The fraction of sp³-hybridized carbons (Fsp3) is 0.222. The molecule has 1 aliphatic rings. The molecule has 38 heavy (non-hydrogen) atoms. The summed E-state index contributed by atoms with van der Waals surface area (Å²) in [7, 11) is 0. The molecule has 0 bridgehead atoms. The normalized spacial score (nSPS) is 24.3. The van der Waals surface area contributed by atoms with Gasteiger partial charge in [-0.3, -0.25) is 4.98 Å². The predicted octanol–water partition coefficient (Wildman–Crippen LogP) is 9.14. The number of alkyl halides is 8. The molecule has 0 aliphatic heterocycles. The molecule has 1 aliphatic carbocycles. The van der Waals surface area contributed by atoms with Gasteiger partial charge in [0, 0.05) is 17.3 Å². The van der Waals surface area contributed by atoms with Gasteiger partial charge in [-0.05, 0) is 49.2 Å². The van der Waals surface area contributed by atoms with Gasteiger partial charge in [-0.15, -0.1) is 0 Å². The van der Waals surface area contributed by atoms with Crippen LogP contribution in [0.4, 0.5) is 26.3 Å². The SMILES string of the molecule is CC1(I)C=CC(C)(I)/C=C(c2cccc(-c3nc(-c4ccc(C(F)(F)F)nc4)cc(C(F)(F)F)n3)c2)\C=C/1. The Bertz CT molecular complexity index is 1440. The number of halogens is 8. The Labute approximate surface area is 242 Å². The molecule has 0 saturated carbocycles. The van der Waals surface area contributed by atoms with E-state index in [2.05, 4.69) is 85.3 Å². The summed E-state index contributed by atoms with van der Waals surface area (Å²) >= 11 is 4.64. The smallest absolute Gasteiger partial charge is 0.251 e. The minimum Gasteiger partial charge on any atom is -0.251 e. The summed E-state index contributed by atoms with van der Waals surface area (Å²) in [5.41, 5.74) is -0.600. The Morgan fingerprint density at radius 2 is 1.37 bits per heavy atom. The Hall–Kier alpha value is -2.29. The summed E-state index contributed by atoms with van der Waals surface area (Å²) in [6.07, 6.45) is 1.63. The summed E-state index contributed by atoms with van der Waals surface area (Å²) in [6, 6.07) is 9.27. The van der Waals surface area contributed by atoms with Crippen LogP contribution >= 0.6 is 45.2 Å². The molecule has 4 rings (SSSR count). The van der Waals surface area contributed by atoms with Gasteiger partial charge in [-0.25, -0.2) is 9.97 Å². The molecule has 0 N–H and O–H groups in total. The van der Waals surface area contributed by atoms with Crippen molar-refractivity contribution in [3.8, 4) is 22.6 Å². The lowest BCUT2D eigenvalue weighted by Crippen LogP contribution is -2.15. The Balaban J connectivity index is 1.82. The van der Waals surface area contributed by atoms with Crippen molar-refractivity contribution in [3.63, 3.8) is 0 Å². The maximum absolute atomic E-state index is 13.7. The number of nitrogens with zero attached hydrogens (tertiary/aromatic N) is 3. The van der Waals surface area contributed by atoms with Crippen LogP contribution < -0.4 is 0 Å². The van der Waals surface area contributed by atoms with Crippen molar-refractivity contribution in [1.82, 2.24) is 15.0 Å².